The molecule has 1 aromatic rings. The number of hydroxylamine groups is 1. The van der Waals surface area contributed by atoms with Gasteiger partial charge in [0, 0.05) is 22.6 Å². The molecule has 2 rings (SSSR count). The van der Waals surface area contributed by atoms with Gasteiger partial charge in [-0.1, -0.05) is 18.1 Å². The first-order valence-electron chi connectivity index (χ1n) is 10.9. The molecule has 1 aromatic carbocycles. The lowest BCUT2D eigenvalue weighted by Crippen LogP contribution is -2.67. The van der Waals surface area contributed by atoms with E-state index in [0.29, 0.717) is 0 Å². The Balaban J connectivity index is 2.70. The SMILES string of the molecule is CC#CCOc1ccccc1S(=O)(=O)N1C(CN(C(=O)O)C(C)(C)C)CSC(C)(C)[C@@H]1C(=O)NO. The maximum Gasteiger partial charge on any atom is 0.407 e. The number of carbonyl (C=O) groups excluding carboxylic acids is 1. The number of carbonyl (C=O) groups is 2. The molecule has 1 aliphatic rings. The molecule has 0 radical (unpaired) electrons. The Kier molecular flexibility index (Phi) is 9.10. The molecule has 0 saturated carbocycles. The fourth-order valence-electron chi connectivity index (χ4n) is 3.87. The smallest absolute Gasteiger partial charge is 0.407 e. The molecule has 1 unspecified atom stereocenters. The van der Waals surface area contributed by atoms with Crippen molar-refractivity contribution in [3.8, 4) is 17.6 Å². The third-order valence-electron chi connectivity index (χ3n) is 5.59. The van der Waals surface area contributed by atoms with E-state index in [9.17, 15) is 28.3 Å². The highest BCUT2D eigenvalue weighted by molar-refractivity contribution is 8.01. The molecule has 3 N–H and O–H groups in total. The molecule has 0 aliphatic carbocycles. The number of rotatable bonds is 7. The second-order valence-electron chi connectivity index (χ2n) is 9.51. The summed E-state index contributed by atoms with van der Waals surface area (Å²) in [6, 6.07) is 3.76. The van der Waals surface area contributed by atoms with Gasteiger partial charge in [-0.15, -0.1) is 5.92 Å². The molecule has 1 saturated heterocycles. The maximum absolute atomic E-state index is 14.1. The standard InChI is InChI=1S/C23H33N3O7S2/c1-7-8-13-33-17-11-9-10-12-18(17)35(31,32)26-16(14-25(21(28)29)22(2,3)4)15-34-23(5,6)19(26)20(27)24-30/h9-12,16,19,30H,13-15H2,1-6H3,(H,24,27)(H,28,29)/t16?,19-/m0/s1. The second kappa shape index (κ2) is 11.1. The third-order valence-corrected chi connectivity index (χ3v) is 9.07. The predicted octanol–water partition coefficient (Wildman–Crippen LogP) is 2.63. The van der Waals surface area contributed by atoms with Gasteiger partial charge in [-0.25, -0.2) is 18.7 Å². The zero-order chi connectivity index (χ0) is 26.6. The van der Waals surface area contributed by atoms with Crippen molar-refractivity contribution >= 4 is 33.8 Å². The van der Waals surface area contributed by atoms with Gasteiger partial charge in [-0.2, -0.15) is 16.1 Å². The largest absolute Gasteiger partial charge is 0.480 e. The molecule has 10 nitrogen and oxygen atoms in total. The summed E-state index contributed by atoms with van der Waals surface area (Å²) in [4.78, 5) is 25.9. The van der Waals surface area contributed by atoms with Crippen molar-refractivity contribution in [1.82, 2.24) is 14.7 Å². The summed E-state index contributed by atoms with van der Waals surface area (Å²) in [7, 11) is -4.42. The number of hydrogen-bond acceptors (Lipinski definition) is 7. The Morgan fingerprint density at radius 2 is 1.94 bits per heavy atom. The highest BCUT2D eigenvalue weighted by atomic mass is 32.2. The number of amides is 2. The molecule has 1 aliphatic heterocycles. The Labute approximate surface area is 211 Å². The summed E-state index contributed by atoms with van der Waals surface area (Å²) < 4.78 is 34.0. The Hall–Kier alpha value is -2.46. The molecule has 1 fully saturated rings. The number of nitrogens with zero attached hydrogens (tertiary/aromatic N) is 2. The second-order valence-corrected chi connectivity index (χ2v) is 13.0. The number of carboxylic acid groups (broad SMARTS) is 1. The summed E-state index contributed by atoms with van der Waals surface area (Å²) in [5, 5.41) is 19.3. The number of nitrogens with one attached hydrogen (secondary N) is 1. The Morgan fingerprint density at radius 1 is 1.31 bits per heavy atom. The lowest BCUT2D eigenvalue weighted by molar-refractivity contribution is -0.134. The molecule has 35 heavy (non-hydrogen) atoms. The summed E-state index contributed by atoms with van der Waals surface area (Å²) in [6.07, 6.45) is -1.21. The van der Waals surface area contributed by atoms with Gasteiger partial charge in [0.05, 0.1) is 6.04 Å². The first kappa shape index (κ1) is 28.8. The van der Waals surface area contributed by atoms with Crippen LogP contribution in [0, 0.1) is 11.8 Å². The van der Waals surface area contributed by atoms with Crippen LogP contribution in [0.3, 0.4) is 0 Å². The van der Waals surface area contributed by atoms with Gasteiger partial charge in [0.15, 0.2) is 0 Å². The van der Waals surface area contributed by atoms with E-state index in [-0.39, 0.29) is 29.5 Å². The fraction of sp³-hybridized carbons (Fsp3) is 0.565. The molecule has 0 spiro atoms. The van der Waals surface area contributed by atoms with Crippen LogP contribution in [0.25, 0.3) is 0 Å². The van der Waals surface area contributed by atoms with E-state index >= 15 is 0 Å². The predicted molar refractivity (Wildman–Crippen MR) is 133 cm³/mol. The van der Waals surface area contributed by atoms with Crippen LogP contribution >= 0.6 is 11.8 Å². The molecule has 194 valence electrons. The van der Waals surface area contributed by atoms with Crippen molar-refractivity contribution in [2.75, 3.05) is 18.9 Å². The van der Waals surface area contributed by atoms with Crippen molar-refractivity contribution < 1.29 is 33.1 Å². The van der Waals surface area contributed by atoms with Crippen molar-refractivity contribution in [2.45, 2.75) is 68.8 Å². The first-order valence-corrected chi connectivity index (χ1v) is 13.3. The quantitative estimate of drug-likeness (QED) is 0.280. The first-order chi connectivity index (χ1) is 16.2. The molecular weight excluding hydrogens is 494 g/mol. The van der Waals surface area contributed by atoms with Crippen LogP contribution in [0.15, 0.2) is 29.2 Å². The number of para-hydroxylation sites is 1. The average molecular weight is 528 g/mol. The average Bonchev–Trinajstić information content (AvgIpc) is 2.76. The van der Waals surface area contributed by atoms with E-state index in [1.165, 1.54) is 30.0 Å². The van der Waals surface area contributed by atoms with Crippen LogP contribution in [-0.2, 0) is 14.8 Å². The lowest BCUT2D eigenvalue weighted by Gasteiger charge is -2.49. The zero-order valence-corrected chi connectivity index (χ0v) is 22.4. The van der Waals surface area contributed by atoms with Gasteiger partial charge in [0.1, 0.15) is 23.3 Å². The lowest BCUT2D eigenvalue weighted by atomic mass is 10.00. The summed E-state index contributed by atoms with van der Waals surface area (Å²) in [6.45, 7) is 9.93. The highest BCUT2D eigenvalue weighted by Gasteiger charge is 2.53. The number of hydrogen-bond donors (Lipinski definition) is 3. The molecular formula is C23H33N3O7S2. The zero-order valence-electron chi connectivity index (χ0n) is 20.7. The van der Waals surface area contributed by atoms with Crippen molar-refractivity contribution in [3.05, 3.63) is 24.3 Å². The minimum absolute atomic E-state index is 0.0365. The Morgan fingerprint density at radius 3 is 2.49 bits per heavy atom. The number of benzene rings is 1. The van der Waals surface area contributed by atoms with Gasteiger partial charge in [0.25, 0.3) is 5.91 Å². The number of ether oxygens (including phenoxy) is 1. The van der Waals surface area contributed by atoms with E-state index < -0.39 is 44.4 Å². The summed E-state index contributed by atoms with van der Waals surface area (Å²) >= 11 is 1.33. The number of thioether (sulfide) groups is 1. The third kappa shape index (κ3) is 6.41. The Bertz CT molecular complexity index is 1100. The monoisotopic (exact) mass is 527 g/mol. The van der Waals surface area contributed by atoms with Crippen LogP contribution in [0.1, 0.15) is 41.5 Å². The van der Waals surface area contributed by atoms with E-state index in [2.05, 4.69) is 11.8 Å². The van der Waals surface area contributed by atoms with Gasteiger partial charge < -0.3 is 14.7 Å². The van der Waals surface area contributed by atoms with Crippen molar-refractivity contribution in [2.24, 2.45) is 0 Å². The highest BCUT2D eigenvalue weighted by Crippen LogP contribution is 2.43. The summed E-state index contributed by atoms with van der Waals surface area (Å²) in [5.41, 5.74) is 0.763. The van der Waals surface area contributed by atoms with Crippen LogP contribution in [0.4, 0.5) is 4.79 Å². The van der Waals surface area contributed by atoms with E-state index in [1.54, 1.807) is 53.1 Å². The van der Waals surface area contributed by atoms with Crippen LogP contribution in [0.2, 0.25) is 0 Å². The van der Waals surface area contributed by atoms with E-state index in [4.69, 9.17) is 4.74 Å². The molecule has 12 heteroatoms. The van der Waals surface area contributed by atoms with E-state index in [1.807, 2.05) is 0 Å². The van der Waals surface area contributed by atoms with Crippen LogP contribution in [-0.4, -0.2) is 81.2 Å². The molecule has 1 heterocycles. The summed E-state index contributed by atoms with van der Waals surface area (Å²) in [5.74, 6) is 4.76. The molecule has 2 amide bonds. The van der Waals surface area contributed by atoms with Gasteiger partial charge >= 0.3 is 6.09 Å². The number of sulfonamides is 1. The van der Waals surface area contributed by atoms with E-state index in [0.717, 1.165) is 9.21 Å². The van der Waals surface area contributed by atoms with Crippen molar-refractivity contribution in [1.29, 1.82) is 0 Å². The van der Waals surface area contributed by atoms with Crippen molar-refractivity contribution in [3.63, 3.8) is 0 Å². The molecule has 0 aromatic heterocycles. The van der Waals surface area contributed by atoms with Gasteiger partial charge in [0.2, 0.25) is 10.0 Å². The van der Waals surface area contributed by atoms with Crippen LogP contribution < -0.4 is 10.2 Å². The molecule has 0 bridgehead atoms. The minimum Gasteiger partial charge on any atom is -0.480 e. The minimum atomic E-state index is -4.42. The molecule has 2 atom stereocenters. The van der Waals surface area contributed by atoms with Gasteiger partial charge in [-0.3, -0.25) is 10.0 Å². The normalized spacial score (nSPS) is 20.3. The van der Waals surface area contributed by atoms with Crippen LogP contribution in [0.5, 0.6) is 5.75 Å². The maximum atomic E-state index is 14.1. The van der Waals surface area contributed by atoms with Gasteiger partial charge in [-0.05, 0) is 53.7 Å². The fourth-order valence-corrected chi connectivity index (χ4v) is 7.33. The topological polar surface area (TPSA) is 136 Å².